The van der Waals surface area contributed by atoms with Crippen molar-refractivity contribution in [2.45, 2.75) is 26.7 Å². The first kappa shape index (κ1) is 10.7. The van der Waals surface area contributed by atoms with Crippen molar-refractivity contribution in [1.82, 2.24) is 4.90 Å². The molecular formula is C11H20NO. The van der Waals surface area contributed by atoms with Crippen LogP contribution in [0, 0.1) is 5.92 Å². The monoisotopic (exact) mass is 182 g/mol. The van der Waals surface area contributed by atoms with Crippen LogP contribution in [0.3, 0.4) is 0 Å². The van der Waals surface area contributed by atoms with Gasteiger partial charge in [0.05, 0.1) is 6.61 Å². The lowest BCUT2D eigenvalue weighted by Gasteiger charge is -2.29. The number of hydrogen-bond donors (Lipinski definition) is 1. The number of piperidine rings is 1. The number of aliphatic hydroxyl groups excluding tert-OH is 1. The smallest absolute Gasteiger partial charge is 0.0615 e. The van der Waals surface area contributed by atoms with Gasteiger partial charge in [-0.1, -0.05) is 25.5 Å². The molecule has 0 aliphatic carbocycles. The van der Waals surface area contributed by atoms with E-state index in [4.69, 9.17) is 5.11 Å². The standard InChI is InChI=1S/C11H20NO/c1-10(2)9-12-6-3-11(4-7-12)5-8-13/h5,13H,3-4,6-9H2,1-2H3. The van der Waals surface area contributed by atoms with Gasteiger partial charge in [0.2, 0.25) is 0 Å². The van der Waals surface area contributed by atoms with E-state index in [1.54, 1.807) is 0 Å². The van der Waals surface area contributed by atoms with Gasteiger partial charge in [-0.3, -0.25) is 0 Å². The minimum atomic E-state index is 0.203. The molecule has 0 aromatic heterocycles. The molecule has 1 radical (unpaired) electrons. The zero-order valence-electron chi connectivity index (χ0n) is 8.71. The normalized spacial score (nSPS) is 19.5. The third-order valence-electron chi connectivity index (χ3n) is 2.42. The molecule has 1 rings (SSSR count). The lowest BCUT2D eigenvalue weighted by molar-refractivity contribution is 0.264. The van der Waals surface area contributed by atoms with Crippen molar-refractivity contribution in [2.75, 3.05) is 26.2 Å². The Bertz CT molecular complexity index is 165. The highest BCUT2D eigenvalue weighted by Crippen LogP contribution is 2.16. The average Bonchev–Trinajstić information content (AvgIpc) is 2.08. The van der Waals surface area contributed by atoms with Crippen molar-refractivity contribution >= 4 is 0 Å². The maximum absolute atomic E-state index is 8.74. The summed E-state index contributed by atoms with van der Waals surface area (Å²) in [5.74, 6) is 1.48. The minimum absolute atomic E-state index is 0.203. The maximum atomic E-state index is 8.74. The molecule has 1 aliphatic heterocycles. The van der Waals surface area contributed by atoms with Gasteiger partial charge in [-0.25, -0.2) is 0 Å². The fourth-order valence-electron chi connectivity index (χ4n) is 1.78. The highest BCUT2D eigenvalue weighted by molar-refractivity contribution is 5.06. The number of likely N-dealkylation sites (tertiary alicyclic amines) is 1. The summed E-state index contributed by atoms with van der Waals surface area (Å²) in [5.41, 5.74) is 1.42. The second-order valence-electron chi connectivity index (χ2n) is 4.03. The fraction of sp³-hybridized carbons (Fsp3) is 0.727. The number of rotatable bonds is 3. The van der Waals surface area contributed by atoms with E-state index in [9.17, 15) is 0 Å². The van der Waals surface area contributed by atoms with E-state index in [2.05, 4.69) is 18.7 Å². The van der Waals surface area contributed by atoms with Crippen LogP contribution >= 0.6 is 0 Å². The molecule has 0 atom stereocenters. The van der Waals surface area contributed by atoms with E-state index in [1.165, 1.54) is 11.5 Å². The van der Waals surface area contributed by atoms with Crippen molar-refractivity contribution in [1.29, 1.82) is 0 Å². The van der Waals surface area contributed by atoms with Gasteiger partial charge in [-0.2, -0.15) is 0 Å². The van der Waals surface area contributed by atoms with E-state index >= 15 is 0 Å². The summed E-state index contributed by atoms with van der Waals surface area (Å²) in [6.45, 7) is 7.99. The summed E-state index contributed by atoms with van der Waals surface area (Å²) in [5, 5.41) is 8.74. The SMILES string of the molecule is C[C](C)CN1CCC(=CCO)CC1. The van der Waals surface area contributed by atoms with Crippen LogP contribution in [0.5, 0.6) is 0 Å². The van der Waals surface area contributed by atoms with Crippen molar-refractivity contribution in [3.8, 4) is 0 Å². The lowest BCUT2D eigenvalue weighted by atomic mass is 10.0. The van der Waals surface area contributed by atoms with Crippen LogP contribution < -0.4 is 0 Å². The summed E-state index contributed by atoms with van der Waals surface area (Å²) in [7, 11) is 0. The Kier molecular flexibility index (Phi) is 4.46. The summed E-state index contributed by atoms with van der Waals surface area (Å²) >= 11 is 0. The molecule has 75 valence electrons. The van der Waals surface area contributed by atoms with E-state index in [-0.39, 0.29) is 6.61 Å². The summed E-state index contributed by atoms with van der Waals surface area (Å²) in [6.07, 6.45) is 4.22. The Morgan fingerprint density at radius 1 is 1.38 bits per heavy atom. The Labute approximate surface area is 81.2 Å². The Morgan fingerprint density at radius 3 is 2.46 bits per heavy atom. The largest absolute Gasteiger partial charge is 0.392 e. The highest BCUT2D eigenvalue weighted by atomic mass is 16.2. The van der Waals surface area contributed by atoms with Gasteiger partial charge in [-0.15, -0.1) is 0 Å². The molecule has 2 nitrogen and oxygen atoms in total. The molecule has 0 unspecified atom stereocenters. The second-order valence-corrected chi connectivity index (χ2v) is 4.03. The molecule has 0 spiro atoms. The topological polar surface area (TPSA) is 23.5 Å². The molecule has 0 aromatic rings. The molecule has 0 saturated carbocycles. The molecule has 0 aromatic carbocycles. The maximum Gasteiger partial charge on any atom is 0.0615 e. The Balaban J connectivity index is 2.26. The fourth-order valence-corrected chi connectivity index (χ4v) is 1.78. The van der Waals surface area contributed by atoms with Gasteiger partial charge in [0.1, 0.15) is 0 Å². The van der Waals surface area contributed by atoms with E-state index in [1.807, 2.05) is 6.08 Å². The van der Waals surface area contributed by atoms with Gasteiger partial charge in [0.25, 0.3) is 0 Å². The van der Waals surface area contributed by atoms with Crippen LogP contribution in [0.4, 0.5) is 0 Å². The Hall–Kier alpha value is -0.340. The third-order valence-corrected chi connectivity index (χ3v) is 2.42. The third kappa shape index (κ3) is 3.92. The number of nitrogens with zero attached hydrogens (tertiary/aromatic N) is 1. The van der Waals surface area contributed by atoms with E-state index in [0.717, 1.165) is 32.5 Å². The van der Waals surface area contributed by atoms with Crippen molar-refractivity contribution in [3.63, 3.8) is 0 Å². The molecule has 1 fully saturated rings. The summed E-state index contributed by atoms with van der Waals surface area (Å²) in [6, 6.07) is 0. The summed E-state index contributed by atoms with van der Waals surface area (Å²) in [4.78, 5) is 2.48. The predicted molar refractivity (Wildman–Crippen MR) is 55.4 cm³/mol. The van der Waals surface area contributed by atoms with Gasteiger partial charge in [0.15, 0.2) is 0 Å². The minimum Gasteiger partial charge on any atom is -0.392 e. The van der Waals surface area contributed by atoms with Crippen molar-refractivity contribution in [3.05, 3.63) is 17.6 Å². The molecule has 0 amide bonds. The van der Waals surface area contributed by atoms with Crippen LogP contribution in [-0.4, -0.2) is 36.2 Å². The quantitative estimate of drug-likeness (QED) is 0.670. The molecule has 13 heavy (non-hydrogen) atoms. The molecule has 1 N–H and O–H groups in total. The molecule has 2 heteroatoms. The zero-order chi connectivity index (χ0) is 9.68. The molecule has 0 bridgehead atoms. The molecule has 1 aliphatic rings. The molecule has 1 saturated heterocycles. The molecular weight excluding hydrogens is 162 g/mol. The predicted octanol–water partition coefficient (Wildman–Crippen LogP) is 1.62. The molecule has 1 heterocycles. The van der Waals surface area contributed by atoms with Gasteiger partial charge in [0, 0.05) is 19.6 Å². The van der Waals surface area contributed by atoms with Crippen molar-refractivity contribution in [2.24, 2.45) is 0 Å². The second kappa shape index (κ2) is 5.40. The van der Waals surface area contributed by atoms with Crippen LogP contribution in [0.25, 0.3) is 0 Å². The first-order chi connectivity index (χ1) is 6.22. The van der Waals surface area contributed by atoms with Gasteiger partial charge in [-0.05, 0) is 18.8 Å². The van der Waals surface area contributed by atoms with Crippen LogP contribution in [0.1, 0.15) is 26.7 Å². The first-order valence-corrected chi connectivity index (χ1v) is 5.02. The van der Waals surface area contributed by atoms with E-state index in [0.29, 0.717) is 0 Å². The van der Waals surface area contributed by atoms with E-state index < -0.39 is 0 Å². The van der Waals surface area contributed by atoms with Crippen LogP contribution in [0.15, 0.2) is 11.6 Å². The van der Waals surface area contributed by atoms with Crippen LogP contribution in [-0.2, 0) is 0 Å². The average molecular weight is 182 g/mol. The first-order valence-electron chi connectivity index (χ1n) is 5.02. The highest BCUT2D eigenvalue weighted by Gasteiger charge is 2.13. The van der Waals surface area contributed by atoms with Crippen molar-refractivity contribution < 1.29 is 5.11 Å². The van der Waals surface area contributed by atoms with Crippen LogP contribution in [0.2, 0.25) is 0 Å². The van der Waals surface area contributed by atoms with Gasteiger partial charge >= 0.3 is 0 Å². The lowest BCUT2D eigenvalue weighted by Crippen LogP contribution is -2.33. The van der Waals surface area contributed by atoms with Gasteiger partial charge < -0.3 is 10.0 Å². The number of hydrogen-bond acceptors (Lipinski definition) is 2. The number of aliphatic hydroxyl groups is 1. The summed E-state index contributed by atoms with van der Waals surface area (Å²) < 4.78 is 0. The Morgan fingerprint density at radius 2 is 2.00 bits per heavy atom. The zero-order valence-corrected chi connectivity index (χ0v) is 8.71.